The number of nitrogens with one attached hydrogen (secondary N) is 1. The molecular formula is C10H19ClN-. The Morgan fingerprint density at radius 2 is 1.58 bits per heavy atom. The predicted octanol–water partition coefficient (Wildman–Crippen LogP) is -0.677. The van der Waals surface area contributed by atoms with Gasteiger partial charge in [0.25, 0.3) is 0 Å². The van der Waals surface area contributed by atoms with E-state index in [0.717, 1.165) is 12.0 Å². The molecular weight excluding hydrogens is 170 g/mol. The molecule has 2 aliphatic rings. The first kappa shape index (κ1) is 10.3. The SMILES string of the molecule is C1CCC(NCC2CC2)CC1.[Cl-]. The van der Waals surface area contributed by atoms with Gasteiger partial charge in [0.15, 0.2) is 0 Å². The molecule has 0 aromatic carbocycles. The number of hydrogen-bond donors (Lipinski definition) is 1. The summed E-state index contributed by atoms with van der Waals surface area (Å²) < 4.78 is 0. The Bertz CT molecular complexity index is 117. The lowest BCUT2D eigenvalue weighted by Gasteiger charge is -2.22. The largest absolute Gasteiger partial charge is 1.00 e. The summed E-state index contributed by atoms with van der Waals surface area (Å²) in [5.41, 5.74) is 0. The Labute approximate surface area is 81.7 Å². The highest BCUT2D eigenvalue weighted by atomic mass is 35.5. The van der Waals surface area contributed by atoms with E-state index in [1.807, 2.05) is 0 Å². The van der Waals surface area contributed by atoms with E-state index >= 15 is 0 Å². The van der Waals surface area contributed by atoms with Gasteiger partial charge in [-0.05, 0) is 38.1 Å². The molecule has 0 aromatic heterocycles. The molecule has 0 bridgehead atoms. The Kier molecular flexibility index (Phi) is 4.38. The normalized spacial score (nSPS) is 25.0. The van der Waals surface area contributed by atoms with Crippen molar-refractivity contribution in [2.24, 2.45) is 5.92 Å². The van der Waals surface area contributed by atoms with E-state index in [9.17, 15) is 0 Å². The van der Waals surface area contributed by atoms with Crippen LogP contribution in [0.2, 0.25) is 0 Å². The molecule has 0 radical (unpaired) electrons. The van der Waals surface area contributed by atoms with Crippen molar-refractivity contribution in [1.29, 1.82) is 0 Å². The van der Waals surface area contributed by atoms with Crippen LogP contribution in [-0.4, -0.2) is 12.6 Å². The third kappa shape index (κ3) is 3.32. The molecule has 1 nitrogen and oxygen atoms in total. The molecule has 0 aliphatic heterocycles. The zero-order valence-electron chi connectivity index (χ0n) is 7.69. The highest BCUT2D eigenvalue weighted by Crippen LogP contribution is 2.28. The van der Waals surface area contributed by atoms with Gasteiger partial charge in [0.1, 0.15) is 0 Å². The Morgan fingerprint density at radius 1 is 0.917 bits per heavy atom. The van der Waals surface area contributed by atoms with Gasteiger partial charge in [0.05, 0.1) is 0 Å². The molecule has 0 heterocycles. The van der Waals surface area contributed by atoms with E-state index in [4.69, 9.17) is 0 Å². The lowest BCUT2D eigenvalue weighted by atomic mass is 9.95. The molecule has 0 saturated heterocycles. The van der Waals surface area contributed by atoms with Crippen molar-refractivity contribution in [3.8, 4) is 0 Å². The standard InChI is InChI=1S/C10H19N.ClH/c1-2-4-10(5-3-1)11-8-9-6-7-9;/h9-11H,1-8H2;1H/p-1. The maximum absolute atomic E-state index is 3.68. The van der Waals surface area contributed by atoms with Gasteiger partial charge in [-0.15, -0.1) is 0 Å². The minimum absolute atomic E-state index is 0. The minimum atomic E-state index is 0. The van der Waals surface area contributed by atoms with Crippen LogP contribution in [0, 0.1) is 5.92 Å². The van der Waals surface area contributed by atoms with Crippen molar-refractivity contribution in [2.75, 3.05) is 6.54 Å². The molecule has 2 fully saturated rings. The van der Waals surface area contributed by atoms with E-state index in [-0.39, 0.29) is 12.4 Å². The maximum atomic E-state index is 3.68. The summed E-state index contributed by atoms with van der Waals surface area (Å²) in [4.78, 5) is 0. The first-order valence-electron chi connectivity index (χ1n) is 5.18. The smallest absolute Gasteiger partial charge is 0.00671 e. The molecule has 72 valence electrons. The Balaban J connectivity index is 0.000000720. The summed E-state index contributed by atoms with van der Waals surface area (Å²) >= 11 is 0. The molecule has 0 aromatic rings. The summed E-state index contributed by atoms with van der Waals surface area (Å²) in [5.74, 6) is 1.05. The molecule has 12 heavy (non-hydrogen) atoms. The van der Waals surface area contributed by atoms with Crippen molar-refractivity contribution >= 4 is 0 Å². The highest BCUT2D eigenvalue weighted by molar-refractivity contribution is 4.79. The second-order valence-corrected chi connectivity index (χ2v) is 4.19. The van der Waals surface area contributed by atoms with Crippen LogP contribution in [0.4, 0.5) is 0 Å². The average Bonchev–Trinajstić information content (AvgIpc) is 2.86. The van der Waals surface area contributed by atoms with Gasteiger partial charge >= 0.3 is 0 Å². The lowest BCUT2D eigenvalue weighted by Crippen LogP contribution is -3.00. The van der Waals surface area contributed by atoms with Gasteiger partial charge in [0, 0.05) is 6.04 Å². The number of rotatable bonds is 3. The van der Waals surface area contributed by atoms with Crippen LogP contribution in [0.1, 0.15) is 44.9 Å². The average molecular weight is 189 g/mol. The third-order valence-corrected chi connectivity index (χ3v) is 3.00. The molecule has 2 rings (SSSR count). The first-order valence-corrected chi connectivity index (χ1v) is 5.18. The molecule has 0 atom stereocenters. The van der Waals surface area contributed by atoms with E-state index in [1.165, 1.54) is 51.5 Å². The fourth-order valence-corrected chi connectivity index (χ4v) is 1.96. The number of hydrogen-bond acceptors (Lipinski definition) is 1. The molecule has 0 unspecified atom stereocenters. The van der Waals surface area contributed by atoms with Gasteiger partial charge in [-0.2, -0.15) is 0 Å². The second-order valence-electron chi connectivity index (χ2n) is 4.19. The van der Waals surface area contributed by atoms with Crippen LogP contribution < -0.4 is 17.7 Å². The van der Waals surface area contributed by atoms with E-state index in [1.54, 1.807) is 0 Å². The highest BCUT2D eigenvalue weighted by Gasteiger charge is 2.22. The van der Waals surface area contributed by atoms with Gasteiger partial charge in [-0.1, -0.05) is 19.3 Å². The van der Waals surface area contributed by atoms with Crippen molar-refractivity contribution in [3.63, 3.8) is 0 Å². The van der Waals surface area contributed by atoms with Crippen molar-refractivity contribution in [1.82, 2.24) is 5.32 Å². The van der Waals surface area contributed by atoms with Crippen molar-refractivity contribution in [3.05, 3.63) is 0 Å². The predicted molar refractivity (Wildman–Crippen MR) is 47.6 cm³/mol. The zero-order chi connectivity index (χ0) is 7.52. The van der Waals surface area contributed by atoms with Crippen LogP contribution in [0.3, 0.4) is 0 Å². The molecule has 0 amide bonds. The van der Waals surface area contributed by atoms with Gasteiger partial charge in [0.2, 0.25) is 0 Å². The summed E-state index contributed by atoms with van der Waals surface area (Å²) in [5, 5.41) is 3.68. The molecule has 2 heteroatoms. The van der Waals surface area contributed by atoms with Gasteiger partial charge < -0.3 is 17.7 Å². The molecule has 2 aliphatic carbocycles. The van der Waals surface area contributed by atoms with E-state index in [0.29, 0.717) is 0 Å². The third-order valence-electron chi connectivity index (χ3n) is 3.00. The van der Waals surface area contributed by atoms with Crippen molar-refractivity contribution in [2.45, 2.75) is 51.0 Å². The monoisotopic (exact) mass is 188 g/mol. The summed E-state index contributed by atoms with van der Waals surface area (Å²) in [6, 6.07) is 0.879. The fraction of sp³-hybridized carbons (Fsp3) is 1.00. The zero-order valence-corrected chi connectivity index (χ0v) is 8.45. The maximum Gasteiger partial charge on any atom is 0.00671 e. The number of halogens is 1. The van der Waals surface area contributed by atoms with Crippen molar-refractivity contribution < 1.29 is 12.4 Å². The quantitative estimate of drug-likeness (QED) is 0.619. The Hall–Kier alpha value is 0.250. The summed E-state index contributed by atoms with van der Waals surface area (Å²) in [7, 11) is 0. The molecule has 1 N–H and O–H groups in total. The van der Waals surface area contributed by atoms with Crippen LogP contribution in [-0.2, 0) is 0 Å². The van der Waals surface area contributed by atoms with Gasteiger partial charge in [-0.3, -0.25) is 0 Å². The summed E-state index contributed by atoms with van der Waals surface area (Å²) in [6.45, 7) is 1.31. The molecule has 2 saturated carbocycles. The molecule has 0 spiro atoms. The van der Waals surface area contributed by atoms with Crippen LogP contribution >= 0.6 is 0 Å². The van der Waals surface area contributed by atoms with E-state index < -0.39 is 0 Å². The van der Waals surface area contributed by atoms with Crippen LogP contribution in [0.5, 0.6) is 0 Å². The van der Waals surface area contributed by atoms with Crippen LogP contribution in [0.15, 0.2) is 0 Å². The Morgan fingerprint density at radius 3 is 2.17 bits per heavy atom. The first-order chi connectivity index (χ1) is 5.45. The fourth-order valence-electron chi connectivity index (χ4n) is 1.96. The van der Waals surface area contributed by atoms with Crippen LogP contribution in [0.25, 0.3) is 0 Å². The van der Waals surface area contributed by atoms with E-state index in [2.05, 4.69) is 5.32 Å². The van der Waals surface area contributed by atoms with Gasteiger partial charge in [-0.25, -0.2) is 0 Å². The topological polar surface area (TPSA) is 12.0 Å². The second kappa shape index (κ2) is 5.08. The lowest BCUT2D eigenvalue weighted by molar-refractivity contribution is -0.00000244. The summed E-state index contributed by atoms with van der Waals surface area (Å²) in [6.07, 6.45) is 10.2. The minimum Gasteiger partial charge on any atom is -1.00 e.